The molecule has 27 heavy (non-hydrogen) atoms. The molecule has 1 aromatic carbocycles. The fourth-order valence-electron chi connectivity index (χ4n) is 3.64. The minimum atomic E-state index is -0.458. The predicted octanol–water partition coefficient (Wildman–Crippen LogP) is 3.32. The van der Waals surface area contributed by atoms with Crippen LogP contribution in [0, 0.1) is 6.92 Å². The fourth-order valence-corrected chi connectivity index (χ4v) is 3.64. The molecule has 7 heteroatoms. The van der Waals surface area contributed by atoms with Gasteiger partial charge in [0.25, 0.3) is 0 Å². The summed E-state index contributed by atoms with van der Waals surface area (Å²) in [6, 6.07) is 9.82. The molecule has 2 aromatic heterocycles. The Hall–Kier alpha value is -2.96. The zero-order valence-corrected chi connectivity index (χ0v) is 15.7. The standard InChI is InChI=1S/C20H24N4O3/c1-14-16(13-22(2)18-12-15-8-4-5-9-17(15)21-18)19(25)27-24(14)20(26)23-10-6-3-7-11-23/h4-5,8-9,12,21H,3,6-7,10-11,13H2,1-2H3. The number of rotatable bonds is 3. The Morgan fingerprint density at radius 2 is 1.96 bits per heavy atom. The average molecular weight is 368 g/mol. The molecule has 0 aliphatic carbocycles. The molecule has 4 rings (SSSR count). The smallest absolute Gasteiger partial charge is 0.357 e. The van der Waals surface area contributed by atoms with E-state index in [-0.39, 0.29) is 6.03 Å². The van der Waals surface area contributed by atoms with Crippen molar-refractivity contribution in [2.75, 3.05) is 25.0 Å². The number of aromatic nitrogens is 2. The van der Waals surface area contributed by atoms with Crippen LogP contribution < -0.4 is 10.5 Å². The minimum absolute atomic E-state index is 0.246. The van der Waals surface area contributed by atoms with Gasteiger partial charge in [0.15, 0.2) is 0 Å². The van der Waals surface area contributed by atoms with E-state index in [9.17, 15) is 9.59 Å². The largest absolute Gasteiger partial charge is 0.363 e. The van der Waals surface area contributed by atoms with Crippen molar-refractivity contribution >= 4 is 22.8 Å². The van der Waals surface area contributed by atoms with Crippen LogP contribution in [0.2, 0.25) is 0 Å². The molecule has 7 nitrogen and oxygen atoms in total. The molecule has 0 saturated carbocycles. The van der Waals surface area contributed by atoms with Crippen molar-refractivity contribution in [2.24, 2.45) is 0 Å². The molecule has 3 heterocycles. The number of likely N-dealkylation sites (tertiary alicyclic amines) is 1. The zero-order valence-electron chi connectivity index (χ0n) is 15.7. The molecular weight excluding hydrogens is 344 g/mol. The highest BCUT2D eigenvalue weighted by atomic mass is 16.5. The highest BCUT2D eigenvalue weighted by Gasteiger charge is 2.25. The summed E-state index contributed by atoms with van der Waals surface area (Å²) in [6.45, 7) is 3.55. The van der Waals surface area contributed by atoms with Gasteiger partial charge in [-0.2, -0.15) is 0 Å². The number of hydrogen-bond donors (Lipinski definition) is 1. The lowest BCUT2D eigenvalue weighted by molar-refractivity contribution is 0.155. The highest BCUT2D eigenvalue weighted by molar-refractivity contribution is 5.84. The molecule has 1 aliphatic heterocycles. The molecule has 0 radical (unpaired) electrons. The first kappa shape index (κ1) is 17.5. The third-order valence-electron chi connectivity index (χ3n) is 5.28. The van der Waals surface area contributed by atoms with E-state index in [0.29, 0.717) is 30.9 Å². The molecule has 1 saturated heterocycles. The Morgan fingerprint density at radius 3 is 2.70 bits per heavy atom. The van der Waals surface area contributed by atoms with Crippen molar-refractivity contribution in [1.29, 1.82) is 0 Å². The maximum absolute atomic E-state index is 12.7. The SMILES string of the molecule is Cc1c(CN(C)c2cc3ccccc3[nH]2)c(=O)on1C(=O)N1CCCCC1. The van der Waals surface area contributed by atoms with E-state index >= 15 is 0 Å². The Labute approximate surface area is 157 Å². The van der Waals surface area contributed by atoms with Crippen molar-refractivity contribution in [3.05, 3.63) is 52.0 Å². The van der Waals surface area contributed by atoms with Crippen LogP contribution in [-0.2, 0) is 6.54 Å². The van der Waals surface area contributed by atoms with Crippen molar-refractivity contribution in [1.82, 2.24) is 14.6 Å². The number of anilines is 1. The van der Waals surface area contributed by atoms with Crippen LogP contribution in [-0.4, -0.2) is 40.8 Å². The normalized spacial score (nSPS) is 14.7. The van der Waals surface area contributed by atoms with Gasteiger partial charge in [0, 0.05) is 31.0 Å². The summed E-state index contributed by atoms with van der Waals surface area (Å²) in [5, 5.41) is 1.11. The molecule has 1 fully saturated rings. The number of H-pyrrole nitrogens is 1. The van der Waals surface area contributed by atoms with Crippen LogP contribution in [0.3, 0.4) is 0 Å². The first-order chi connectivity index (χ1) is 13.0. The summed E-state index contributed by atoms with van der Waals surface area (Å²) in [6.07, 6.45) is 3.12. The van der Waals surface area contributed by atoms with Crippen molar-refractivity contribution in [3.8, 4) is 0 Å². The highest BCUT2D eigenvalue weighted by Crippen LogP contribution is 2.22. The van der Waals surface area contributed by atoms with Gasteiger partial charge in [0.2, 0.25) is 0 Å². The number of piperidine rings is 1. The number of nitrogens with zero attached hydrogens (tertiary/aromatic N) is 3. The quantitative estimate of drug-likeness (QED) is 0.770. The number of amides is 1. The first-order valence-electron chi connectivity index (χ1n) is 9.34. The van der Waals surface area contributed by atoms with Gasteiger partial charge in [-0.15, -0.1) is 4.74 Å². The van der Waals surface area contributed by atoms with Crippen LogP contribution in [0.1, 0.15) is 30.5 Å². The third kappa shape index (κ3) is 3.25. The fraction of sp³-hybridized carbons (Fsp3) is 0.400. The summed E-state index contributed by atoms with van der Waals surface area (Å²) in [5.74, 6) is 0.908. The van der Waals surface area contributed by atoms with Crippen LogP contribution >= 0.6 is 0 Å². The number of aromatic amines is 1. The number of para-hydroxylation sites is 1. The van der Waals surface area contributed by atoms with Crippen molar-refractivity contribution < 1.29 is 9.32 Å². The van der Waals surface area contributed by atoms with E-state index < -0.39 is 5.63 Å². The lowest BCUT2D eigenvalue weighted by Crippen LogP contribution is -2.38. The van der Waals surface area contributed by atoms with Gasteiger partial charge in [0.1, 0.15) is 5.82 Å². The Balaban J connectivity index is 1.57. The Kier molecular flexibility index (Phi) is 4.51. The predicted molar refractivity (Wildman–Crippen MR) is 104 cm³/mol. The van der Waals surface area contributed by atoms with Gasteiger partial charge in [-0.3, -0.25) is 0 Å². The molecule has 1 amide bonds. The van der Waals surface area contributed by atoms with Crippen LogP contribution in [0.15, 0.2) is 39.6 Å². The Morgan fingerprint density at radius 1 is 1.22 bits per heavy atom. The second kappa shape index (κ2) is 6.98. The maximum Gasteiger partial charge on any atom is 0.363 e. The molecule has 0 spiro atoms. The van der Waals surface area contributed by atoms with Crippen LogP contribution in [0.5, 0.6) is 0 Å². The summed E-state index contributed by atoms with van der Waals surface area (Å²) >= 11 is 0. The number of fused-ring (bicyclic) bond motifs is 1. The molecule has 0 bridgehead atoms. The number of carbonyl (C=O) groups excluding carboxylic acids is 1. The van der Waals surface area contributed by atoms with Gasteiger partial charge in [-0.1, -0.05) is 18.2 Å². The van der Waals surface area contributed by atoms with Gasteiger partial charge in [-0.05, 0) is 38.3 Å². The summed E-state index contributed by atoms with van der Waals surface area (Å²) in [4.78, 5) is 32.1. The Bertz CT molecular complexity index is 990. The van der Waals surface area contributed by atoms with E-state index in [2.05, 4.69) is 4.98 Å². The third-order valence-corrected chi connectivity index (χ3v) is 5.28. The summed E-state index contributed by atoms with van der Waals surface area (Å²) in [7, 11) is 1.91. The number of benzene rings is 1. The molecule has 142 valence electrons. The van der Waals surface area contributed by atoms with Crippen molar-refractivity contribution in [3.63, 3.8) is 0 Å². The molecule has 3 aromatic rings. The second-order valence-corrected chi connectivity index (χ2v) is 7.17. The second-order valence-electron chi connectivity index (χ2n) is 7.17. The lowest BCUT2D eigenvalue weighted by atomic mass is 10.1. The summed E-state index contributed by atoms with van der Waals surface area (Å²) < 4.78 is 6.44. The first-order valence-corrected chi connectivity index (χ1v) is 9.34. The van der Waals surface area contributed by atoms with E-state index in [0.717, 1.165) is 40.7 Å². The topological polar surface area (TPSA) is 74.5 Å². The summed E-state index contributed by atoms with van der Waals surface area (Å²) in [5.41, 5.74) is 1.65. The van der Waals surface area contributed by atoms with E-state index in [1.807, 2.05) is 42.3 Å². The van der Waals surface area contributed by atoms with Gasteiger partial charge in [-0.25, -0.2) is 9.59 Å². The van der Waals surface area contributed by atoms with Crippen molar-refractivity contribution in [2.45, 2.75) is 32.7 Å². The van der Waals surface area contributed by atoms with Crippen LogP contribution in [0.25, 0.3) is 10.9 Å². The number of nitrogens with one attached hydrogen (secondary N) is 1. The van der Waals surface area contributed by atoms with Gasteiger partial charge in [0.05, 0.1) is 17.8 Å². The molecule has 0 unspecified atom stereocenters. The zero-order chi connectivity index (χ0) is 19.0. The number of hydrogen-bond acceptors (Lipinski definition) is 4. The molecule has 1 aliphatic rings. The van der Waals surface area contributed by atoms with E-state index in [1.54, 1.807) is 11.8 Å². The molecule has 1 N–H and O–H groups in total. The van der Waals surface area contributed by atoms with Crippen LogP contribution in [0.4, 0.5) is 10.6 Å². The van der Waals surface area contributed by atoms with E-state index in [4.69, 9.17) is 4.52 Å². The van der Waals surface area contributed by atoms with E-state index in [1.165, 1.54) is 0 Å². The maximum atomic E-state index is 12.7. The lowest BCUT2D eigenvalue weighted by Gasteiger charge is -2.26. The molecule has 0 atom stereocenters. The number of carbonyl (C=O) groups is 1. The van der Waals surface area contributed by atoms with Gasteiger partial charge < -0.3 is 19.3 Å². The molecular formula is C20H24N4O3. The monoisotopic (exact) mass is 368 g/mol. The average Bonchev–Trinajstić information content (AvgIpc) is 3.24. The van der Waals surface area contributed by atoms with Gasteiger partial charge >= 0.3 is 11.7 Å². The minimum Gasteiger partial charge on any atom is -0.357 e.